The maximum absolute atomic E-state index is 13.6. The van der Waals surface area contributed by atoms with E-state index < -0.39 is 5.82 Å². The fourth-order valence-electron chi connectivity index (χ4n) is 1.93. The molecule has 2 nitrogen and oxygen atoms in total. The van der Waals surface area contributed by atoms with Crippen LogP contribution in [0.1, 0.15) is 30.6 Å². The Morgan fingerprint density at radius 2 is 2.12 bits per heavy atom. The summed E-state index contributed by atoms with van der Waals surface area (Å²) < 4.78 is 18.5. The van der Waals surface area contributed by atoms with E-state index in [1.807, 2.05) is 13.8 Å². The van der Waals surface area contributed by atoms with E-state index in [4.69, 9.17) is 4.74 Å². The molecule has 1 aromatic rings. The van der Waals surface area contributed by atoms with E-state index in [9.17, 15) is 9.18 Å². The highest BCUT2D eigenvalue weighted by molar-refractivity contribution is 6.00. The van der Waals surface area contributed by atoms with Crippen molar-refractivity contribution in [3.05, 3.63) is 29.6 Å². The molecule has 1 unspecified atom stereocenters. The third kappa shape index (κ3) is 1.82. The van der Waals surface area contributed by atoms with Gasteiger partial charge in [0, 0.05) is 12.0 Å². The van der Waals surface area contributed by atoms with Gasteiger partial charge in [-0.05, 0) is 24.0 Å². The number of Topliss-reactive ketones (excluding diaryl/α,β-unsaturated/α-hetero) is 1. The van der Waals surface area contributed by atoms with Crippen molar-refractivity contribution in [3.8, 4) is 5.75 Å². The van der Waals surface area contributed by atoms with Crippen LogP contribution in [0.3, 0.4) is 0 Å². The van der Waals surface area contributed by atoms with Crippen LogP contribution in [0.15, 0.2) is 18.2 Å². The Morgan fingerprint density at radius 1 is 1.50 bits per heavy atom. The zero-order valence-electron chi connectivity index (χ0n) is 9.71. The first kappa shape index (κ1) is 11.1. The predicted octanol–water partition coefficient (Wildman–Crippen LogP) is 3.06. The number of benzene rings is 1. The summed E-state index contributed by atoms with van der Waals surface area (Å²) in [5.41, 5.74) is 0.208. The topological polar surface area (TPSA) is 26.3 Å². The summed E-state index contributed by atoms with van der Waals surface area (Å²) in [6.07, 6.45) is 0.845. The molecule has 3 heteroatoms. The van der Waals surface area contributed by atoms with Crippen molar-refractivity contribution in [1.82, 2.24) is 0 Å². The Hall–Kier alpha value is -1.38. The second-order valence-electron chi connectivity index (χ2n) is 4.96. The van der Waals surface area contributed by atoms with E-state index in [0.717, 1.165) is 6.42 Å². The Bertz CT molecular complexity index is 438. The number of carbonyl (C=O) groups excluding carboxylic acids is 1. The van der Waals surface area contributed by atoms with Gasteiger partial charge in [0.1, 0.15) is 11.6 Å². The molecule has 0 saturated heterocycles. The standard InChI is InChI=1S/C13H15FO2/c1-13(2)7-10(13)12(15)9-5-4-8(16-3)6-11(9)14/h4-6,10H,7H2,1-3H3. The van der Waals surface area contributed by atoms with Gasteiger partial charge in [0.15, 0.2) is 5.78 Å². The lowest BCUT2D eigenvalue weighted by molar-refractivity contribution is 0.0949. The fraction of sp³-hybridized carbons (Fsp3) is 0.462. The molecule has 0 bridgehead atoms. The first-order chi connectivity index (χ1) is 7.45. The van der Waals surface area contributed by atoms with Crippen molar-refractivity contribution < 1.29 is 13.9 Å². The normalized spacial score (nSPS) is 21.6. The summed E-state index contributed by atoms with van der Waals surface area (Å²) in [6.45, 7) is 4.05. The average Bonchev–Trinajstić information content (AvgIpc) is 2.86. The van der Waals surface area contributed by atoms with E-state index in [-0.39, 0.29) is 22.7 Å². The van der Waals surface area contributed by atoms with Crippen LogP contribution in [0.5, 0.6) is 5.75 Å². The number of hydrogen-bond acceptors (Lipinski definition) is 2. The van der Waals surface area contributed by atoms with E-state index >= 15 is 0 Å². The fourth-order valence-corrected chi connectivity index (χ4v) is 1.93. The van der Waals surface area contributed by atoms with Gasteiger partial charge in [-0.25, -0.2) is 4.39 Å². The van der Waals surface area contributed by atoms with Gasteiger partial charge in [-0.3, -0.25) is 4.79 Å². The highest BCUT2D eigenvalue weighted by atomic mass is 19.1. The molecule has 0 heterocycles. The molecule has 1 atom stereocenters. The van der Waals surface area contributed by atoms with Gasteiger partial charge in [-0.2, -0.15) is 0 Å². The summed E-state index contributed by atoms with van der Waals surface area (Å²) in [7, 11) is 1.47. The molecule has 16 heavy (non-hydrogen) atoms. The summed E-state index contributed by atoms with van der Waals surface area (Å²) in [6, 6.07) is 4.37. The van der Waals surface area contributed by atoms with Gasteiger partial charge in [0.05, 0.1) is 12.7 Å². The van der Waals surface area contributed by atoms with Crippen LogP contribution in [0, 0.1) is 17.2 Å². The van der Waals surface area contributed by atoms with Crippen molar-refractivity contribution in [1.29, 1.82) is 0 Å². The van der Waals surface area contributed by atoms with Gasteiger partial charge >= 0.3 is 0 Å². The van der Waals surface area contributed by atoms with Gasteiger partial charge in [-0.1, -0.05) is 13.8 Å². The highest BCUT2D eigenvalue weighted by Gasteiger charge is 2.50. The van der Waals surface area contributed by atoms with Gasteiger partial charge in [0.25, 0.3) is 0 Å². The second-order valence-corrected chi connectivity index (χ2v) is 4.96. The van der Waals surface area contributed by atoms with Crippen LogP contribution in [0.25, 0.3) is 0 Å². The van der Waals surface area contributed by atoms with Crippen LogP contribution in [-0.2, 0) is 0 Å². The number of rotatable bonds is 3. The molecule has 1 fully saturated rings. The third-order valence-electron chi connectivity index (χ3n) is 3.27. The smallest absolute Gasteiger partial charge is 0.169 e. The number of hydrogen-bond donors (Lipinski definition) is 0. The van der Waals surface area contributed by atoms with Gasteiger partial charge in [-0.15, -0.1) is 0 Å². The van der Waals surface area contributed by atoms with Crippen molar-refractivity contribution >= 4 is 5.78 Å². The molecule has 1 saturated carbocycles. The van der Waals surface area contributed by atoms with Crippen molar-refractivity contribution in [2.24, 2.45) is 11.3 Å². The quantitative estimate of drug-likeness (QED) is 0.735. The zero-order chi connectivity index (χ0) is 11.9. The third-order valence-corrected chi connectivity index (χ3v) is 3.27. The molecule has 0 aliphatic heterocycles. The van der Waals surface area contributed by atoms with Crippen LogP contribution < -0.4 is 4.74 Å². The maximum Gasteiger partial charge on any atom is 0.169 e. The van der Waals surface area contributed by atoms with Gasteiger partial charge < -0.3 is 4.74 Å². The van der Waals surface area contributed by atoms with Crippen molar-refractivity contribution in [2.75, 3.05) is 7.11 Å². The van der Waals surface area contributed by atoms with Crippen LogP contribution in [0.4, 0.5) is 4.39 Å². The summed E-state index contributed by atoms with van der Waals surface area (Å²) in [5, 5.41) is 0. The van der Waals surface area contributed by atoms with E-state index in [1.165, 1.54) is 19.2 Å². The molecule has 2 rings (SSSR count). The summed E-state index contributed by atoms with van der Waals surface area (Å²) in [4.78, 5) is 12.0. The Balaban J connectivity index is 2.25. The minimum Gasteiger partial charge on any atom is -0.497 e. The number of carbonyl (C=O) groups is 1. The molecular formula is C13H15FO2. The minimum atomic E-state index is -0.493. The molecule has 0 radical (unpaired) electrons. The lowest BCUT2D eigenvalue weighted by Gasteiger charge is -2.06. The number of halogens is 1. The zero-order valence-corrected chi connectivity index (χ0v) is 9.71. The monoisotopic (exact) mass is 222 g/mol. The molecule has 0 N–H and O–H groups in total. The Morgan fingerprint density at radius 3 is 2.56 bits per heavy atom. The van der Waals surface area contributed by atoms with E-state index in [0.29, 0.717) is 5.75 Å². The van der Waals surface area contributed by atoms with Crippen LogP contribution in [-0.4, -0.2) is 12.9 Å². The number of methoxy groups -OCH3 is 1. The summed E-state index contributed by atoms with van der Waals surface area (Å²) in [5.74, 6) is -0.184. The summed E-state index contributed by atoms with van der Waals surface area (Å²) >= 11 is 0. The van der Waals surface area contributed by atoms with Gasteiger partial charge in [0.2, 0.25) is 0 Å². The number of ketones is 1. The number of ether oxygens (including phenoxy) is 1. The molecule has 1 aliphatic carbocycles. The average molecular weight is 222 g/mol. The SMILES string of the molecule is COc1ccc(C(=O)C2CC2(C)C)c(F)c1. The first-order valence-electron chi connectivity index (χ1n) is 5.33. The Labute approximate surface area is 94.4 Å². The predicted molar refractivity (Wildman–Crippen MR) is 59.2 cm³/mol. The minimum absolute atomic E-state index is 0.0312. The first-order valence-corrected chi connectivity index (χ1v) is 5.33. The second kappa shape index (κ2) is 3.58. The van der Waals surface area contributed by atoms with Crippen molar-refractivity contribution in [3.63, 3.8) is 0 Å². The van der Waals surface area contributed by atoms with E-state index in [2.05, 4.69) is 0 Å². The highest BCUT2D eigenvalue weighted by Crippen LogP contribution is 2.53. The lowest BCUT2D eigenvalue weighted by atomic mass is 10.0. The largest absolute Gasteiger partial charge is 0.497 e. The van der Waals surface area contributed by atoms with Crippen LogP contribution in [0.2, 0.25) is 0 Å². The molecule has 1 aliphatic rings. The maximum atomic E-state index is 13.6. The molecule has 86 valence electrons. The molecule has 0 amide bonds. The molecular weight excluding hydrogens is 207 g/mol. The van der Waals surface area contributed by atoms with Crippen LogP contribution >= 0.6 is 0 Å². The lowest BCUT2D eigenvalue weighted by Crippen LogP contribution is -2.08. The van der Waals surface area contributed by atoms with E-state index in [1.54, 1.807) is 6.07 Å². The Kier molecular flexibility index (Phi) is 2.49. The van der Waals surface area contributed by atoms with Crippen molar-refractivity contribution in [2.45, 2.75) is 20.3 Å². The molecule has 0 spiro atoms. The molecule has 0 aromatic heterocycles. The molecule has 1 aromatic carbocycles.